The van der Waals surface area contributed by atoms with Crippen molar-refractivity contribution in [3.05, 3.63) is 97.5 Å². The predicted octanol–water partition coefficient (Wildman–Crippen LogP) is 6.68. The van der Waals surface area contributed by atoms with Gasteiger partial charge < -0.3 is 15.0 Å². The van der Waals surface area contributed by atoms with Crippen molar-refractivity contribution < 1.29 is 14.3 Å². The fraction of sp³-hybridized carbons (Fsp3) is 0.310. The maximum absolute atomic E-state index is 13.7. The van der Waals surface area contributed by atoms with Crippen LogP contribution < -0.4 is 10.1 Å². The molecule has 3 aromatic carbocycles. The van der Waals surface area contributed by atoms with Gasteiger partial charge in [-0.05, 0) is 83.0 Å². The van der Waals surface area contributed by atoms with Crippen LogP contribution in [0, 0.1) is 3.57 Å². The molecule has 3 aromatic rings. The first-order valence-electron chi connectivity index (χ1n) is 12.3. The molecular formula is C29H29Cl2IN2O3. The first-order chi connectivity index (χ1) is 17.9. The van der Waals surface area contributed by atoms with E-state index in [-0.39, 0.29) is 31.0 Å². The van der Waals surface area contributed by atoms with E-state index < -0.39 is 6.04 Å². The van der Waals surface area contributed by atoms with Gasteiger partial charge in [-0.25, -0.2) is 0 Å². The van der Waals surface area contributed by atoms with Crippen molar-refractivity contribution in [2.45, 2.75) is 50.7 Å². The summed E-state index contributed by atoms with van der Waals surface area (Å²) >= 11 is 14.6. The molecule has 1 fully saturated rings. The molecule has 194 valence electrons. The van der Waals surface area contributed by atoms with Crippen molar-refractivity contribution in [2.24, 2.45) is 0 Å². The van der Waals surface area contributed by atoms with Gasteiger partial charge in [-0.1, -0.05) is 72.4 Å². The number of rotatable bonds is 10. The zero-order valence-corrected chi connectivity index (χ0v) is 24.0. The van der Waals surface area contributed by atoms with Gasteiger partial charge >= 0.3 is 0 Å². The summed E-state index contributed by atoms with van der Waals surface area (Å²) in [7, 11) is 0. The molecule has 0 spiro atoms. The van der Waals surface area contributed by atoms with E-state index >= 15 is 0 Å². The first-order valence-corrected chi connectivity index (χ1v) is 14.2. The highest BCUT2D eigenvalue weighted by atomic mass is 127. The average Bonchev–Trinajstić information content (AvgIpc) is 3.41. The summed E-state index contributed by atoms with van der Waals surface area (Å²) < 4.78 is 6.90. The highest BCUT2D eigenvalue weighted by Crippen LogP contribution is 2.25. The SMILES string of the molecule is O=C(NC1CCCC1)[C@@H](Cc1ccccc1)N(Cc1ccc(Cl)c(Cl)c1)C(=O)COc1ccc(I)cc1. The molecule has 1 N–H and O–H groups in total. The molecule has 1 aliphatic carbocycles. The third-order valence-electron chi connectivity index (χ3n) is 6.49. The number of benzene rings is 3. The van der Waals surface area contributed by atoms with Crippen LogP contribution in [0.3, 0.4) is 0 Å². The smallest absolute Gasteiger partial charge is 0.261 e. The Balaban J connectivity index is 1.62. The number of ether oxygens (including phenoxy) is 1. The van der Waals surface area contributed by atoms with Crippen molar-refractivity contribution in [3.63, 3.8) is 0 Å². The Bertz CT molecular complexity index is 1200. The molecule has 0 aromatic heterocycles. The minimum absolute atomic E-state index is 0.135. The number of hydrogen-bond donors (Lipinski definition) is 1. The van der Waals surface area contributed by atoms with Gasteiger partial charge in [-0.15, -0.1) is 0 Å². The molecule has 4 rings (SSSR count). The van der Waals surface area contributed by atoms with Crippen LogP contribution in [0.1, 0.15) is 36.8 Å². The molecule has 2 amide bonds. The molecule has 0 radical (unpaired) electrons. The molecule has 1 aliphatic rings. The summed E-state index contributed by atoms with van der Waals surface area (Å²) in [4.78, 5) is 29.0. The molecule has 0 saturated heterocycles. The zero-order valence-electron chi connectivity index (χ0n) is 20.3. The fourth-order valence-electron chi connectivity index (χ4n) is 4.51. The minimum Gasteiger partial charge on any atom is -0.484 e. The number of carbonyl (C=O) groups excluding carboxylic acids is 2. The highest BCUT2D eigenvalue weighted by molar-refractivity contribution is 14.1. The van der Waals surface area contributed by atoms with Crippen LogP contribution in [0.2, 0.25) is 10.0 Å². The maximum atomic E-state index is 13.7. The monoisotopic (exact) mass is 650 g/mol. The second-order valence-electron chi connectivity index (χ2n) is 9.21. The van der Waals surface area contributed by atoms with E-state index in [1.807, 2.05) is 60.7 Å². The van der Waals surface area contributed by atoms with E-state index in [0.717, 1.165) is 40.4 Å². The molecule has 37 heavy (non-hydrogen) atoms. The Morgan fingerprint density at radius 1 is 0.946 bits per heavy atom. The molecule has 0 bridgehead atoms. The van der Waals surface area contributed by atoms with Crippen molar-refractivity contribution in [1.82, 2.24) is 10.2 Å². The largest absolute Gasteiger partial charge is 0.484 e. The topological polar surface area (TPSA) is 58.6 Å². The normalized spacial score (nSPS) is 14.2. The van der Waals surface area contributed by atoms with Crippen LogP contribution in [0.4, 0.5) is 0 Å². The second kappa shape index (κ2) is 13.5. The predicted molar refractivity (Wildman–Crippen MR) is 156 cm³/mol. The third kappa shape index (κ3) is 8.09. The lowest BCUT2D eigenvalue weighted by atomic mass is 10.0. The highest BCUT2D eigenvalue weighted by Gasteiger charge is 2.32. The van der Waals surface area contributed by atoms with Crippen LogP contribution in [0.15, 0.2) is 72.8 Å². The lowest BCUT2D eigenvalue weighted by Gasteiger charge is -2.32. The lowest BCUT2D eigenvalue weighted by molar-refractivity contribution is -0.143. The second-order valence-corrected chi connectivity index (χ2v) is 11.3. The number of carbonyl (C=O) groups is 2. The molecule has 1 atom stereocenters. The number of amides is 2. The van der Waals surface area contributed by atoms with Gasteiger partial charge in [-0.3, -0.25) is 9.59 Å². The quantitative estimate of drug-likeness (QED) is 0.249. The van der Waals surface area contributed by atoms with E-state index in [4.69, 9.17) is 27.9 Å². The maximum Gasteiger partial charge on any atom is 0.261 e. The van der Waals surface area contributed by atoms with Crippen LogP contribution in [0.5, 0.6) is 5.75 Å². The summed E-state index contributed by atoms with van der Waals surface area (Å²) in [5, 5.41) is 4.03. The summed E-state index contributed by atoms with van der Waals surface area (Å²) in [5.74, 6) is 0.156. The van der Waals surface area contributed by atoms with E-state index in [0.29, 0.717) is 22.2 Å². The number of nitrogens with one attached hydrogen (secondary N) is 1. The Morgan fingerprint density at radius 3 is 2.32 bits per heavy atom. The molecule has 0 unspecified atom stereocenters. The Morgan fingerprint density at radius 2 is 1.65 bits per heavy atom. The third-order valence-corrected chi connectivity index (χ3v) is 7.94. The van der Waals surface area contributed by atoms with Crippen LogP contribution >= 0.6 is 45.8 Å². The Labute approximate surface area is 241 Å². The van der Waals surface area contributed by atoms with Crippen molar-refractivity contribution in [2.75, 3.05) is 6.61 Å². The summed E-state index contributed by atoms with van der Waals surface area (Å²) in [5.41, 5.74) is 1.75. The number of nitrogens with zero attached hydrogens (tertiary/aromatic N) is 1. The van der Waals surface area contributed by atoms with Gasteiger partial charge in [0, 0.05) is 22.6 Å². The van der Waals surface area contributed by atoms with Gasteiger partial charge in [-0.2, -0.15) is 0 Å². The van der Waals surface area contributed by atoms with Gasteiger partial charge in [0.05, 0.1) is 10.0 Å². The van der Waals surface area contributed by atoms with E-state index in [9.17, 15) is 9.59 Å². The van der Waals surface area contributed by atoms with Crippen molar-refractivity contribution in [1.29, 1.82) is 0 Å². The fourth-order valence-corrected chi connectivity index (χ4v) is 5.20. The molecule has 5 nitrogen and oxygen atoms in total. The standard InChI is InChI=1S/C29H29Cl2IN2O3/c30-25-15-10-21(16-26(25)31)18-34(28(35)19-37-24-13-11-22(32)12-14-24)27(17-20-6-2-1-3-7-20)29(36)33-23-8-4-5-9-23/h1-3,6-7,10-16,23,27H,4-5,8-9,17-19H2,(H,33,36)/t27-/m1/s1. The van der Waals surface area contributed by atoms with Crippen LogP contribution in [0.25, 0.3) is 0 Å². The Hall–Kier alpha value is -2.29. The molecule has 0 aliphatic heterocycles. The molecule has 0 heterocycles. The minimum atomic E-state index is -0.717. The summed E-state index contributed by atoms with van der Waals surface area (Å²) in [6.07, 6.45) is 4.50. The molecule has 8 heteroatoms. The summed E-state index contributed by atoms with van der Waals surface area (Å²) in [6.45, 7) is 0.00523. The van der Waals surface area contributed by atoms with Crippen LogP contribution in [-0.4, -0.2) is 35.4 Å². The Kier molecular flexibility index (Phi) is 10.1. The van der Waals surface area contributed by atoms with Gasteiger partial charge in [0.2, 0.25) is 5.91 Å². The lowest BCUT2D eigenvalue weighted by Crippen LogP contribution is -2.53. The van der Waals surface area contributed by atoms with Gasteiger partial charge in [0.25, 0.3) is 5.91 Å². The zero-order chi connectivity index (χ0) is 26.2. The van der Waals surface area contributed by atoms with E-state index in [1.165, 1.54) is 0 Å². The molecular weight excluding hydrogens is 622 g/mol. The van der Waals surface area contributed by atoms with E-state index in [1.54, 1.807) is 17.0 Å². The van der Waals surface area contributed by atoms with Crippen molar-refractivity contribution in [3.8, 4) is 5.75 Å². The van der Waals surface area contributed by atoms with Gasteiger partial charge in [0.1, 0.15) is 11.8 Å². The number of halogens is 3. The summed E-state index contributed by atoms with van der Waals surface area (Å²) in [6, 6.07) is 21.9. The molecule has 1 saturated carbocycles. The average molecular weight is 651 g/mol. The van der Waals surface area contributed by atoms with Crippen LogP contribution in [-0.2, 0) is 22.6 Å². The first kappa shape index (κ1) is 27.7. The van der Waals surface area contributed by atoms with Crippen molar-refractivity contribution >= 4 is 57.6 Å². The van der Waals surface area contributed by atoms with E-state index in [2.05, 4.69) is 27.9 Å². The number of hydrogen-bond acceptors (Lipinski definition) is 3. The van der Waals surface area contributed by atoms with Gasteiger partial charge in [0.15, 0.2) is 6.61 Å².